The minimum Gasteiger partial charge on any atom is -0.309 e. The highest BCUT2D eigenvalue weighted by Crippen LogP contribution is 2.43. The molecular formula is C63H39N7. The summed E-state index contributed by atoms with van der Waals surface area (Å²) in [7, 11) is 0. The first-order valence-corrected chi connectivity index (χ1v) is 22.4. The summed E-state index contributed by atoms with van der Waals surface area (Å²) in [6.45, 7) is 0. The van der Waals surface area contributed by atoms with Crippen LogP contribution in [0.3, 0.4) is 0 Å². The van der Waals surface area contributed by atoms with Crippen LogP contribution in [-0.2, 0) is 0 Å². The van der Waals surface area contributed by atoms with E-state index in [9.17, 15) is 11.0 Å². The first kappa shape index (κ1) is 26.1. The summed E-state index contributed by atoms with van der Waals surface area (Å²) in [5.41, 5.74) is 5.64. The van der Waals surface area contributed by atoms with Gasteiger partial charge >= 0.3 is 0 Å². The molecule has 0 N–H and O–H groups in total. The Kier molecular flexibility index (Phi) is 5.57. The Bertz CT molecular complexity index is 5020. The molecule has 0 saturated heterocycles. The molecule has 0 amide bonds. The van der Waals surface area contributed by atoms with Gasteiger partial charge in [-0.05, 0) is 72.2 Å². The van der Waals surface area contributed by atoms with Crippen molar-refractivity contribution in [2.75, 3.05) is 0 Å². The fourth-order valence-corrected chi connectivity index (χ4v) is 10.3. The Morgan fingerprint density at radius 3 is 1.03 bits per heavy atom. The van der Waals surface area contributed by atoms with Crippen molar-refractivity contribution in [1.29, 1.82) is 0 Å². The van der Waals surface area contributed by atoms with E-state index in [0.29, 0.717) is 5.56 Å². The van der Waals surface area contributed by atoms with Crippen LogP contribution in [0.4, 0.5) is 0 Å². The second-order valence-electron chi connectivity index (χ2n) is 16.8. The van der Waals surface area contributed by atoms with Gasteiger partial charge in [-0.1, -0.05) is 170 Å². The van der Waals surface area contributed by atoms with Gasteiger partial charge in [0.25, 0.3) is 0 Å². The van der Waals surface area contributed by atoms with Crippen molar-refractivity contribution < 1.29 is 21.9 Å². The van der Waals surface area contributed by atoms with Crippen LogP contribution in [0.5, 0.6) is 0 Å². The zero-order valence-electron chi connectivity index (χ0n) is 52.4. The monoisotopic (exact) mass is 909 g/mol. The fourth-order valence-electron chi connectivity index (χ4n) is 10.3. The zero-order chi connectivity index (χ0) is 59.8. The van der Waals surface area contributed by atoms with Gasteiger partial charge in [0.1, 0.15) is 0 Å². The lowest BCUT2D eigenvalue weighted by atomic mass is 9.98. The molecule has 0 atom stereocenters. The van der Waals surface area contributed by atoms with Crippen LogP contribution >= 0.6 is 0 Å². The SMILES string of the molecule is [2H]c1c([2H])c([2H])c2c(c1[2H])c1c([2H])c([2H])c([2H])c([2H])c1n2-c1nc(-c2cccc(-c3c(-n4c5ccccc5c5ccccc54)cccc3-n3c4ccccc4c4ccccc43)c2)nc(-n2c3c([2H])c([2H])c([2H])c([2H])c3c3c([2H])c([2H])c([2H])c([2H])c32)n1. The number of para-hydroxylation sites is 8. The van der Waals surface area contributed by atoms with E-state index in [0.717, 1.165) is 69.7 Å². The molecule has 0 spiro atoms. The molecule has 0 aliphatic rings. The van der Waals surface area contributed by atoms with Crippen molar-refractivity contribution >= 4 is 87.2 Å². The number of hydrogen-bond acceptors (Lipinski definition) is 3. The van der Waals surface area contributed by atoms with Crippen molar-refractivity contribution in [3.63, 3.8) is 0 Å². The number of aromatic nitrogens is 7. The van der Waals surface area contributed by atoms with Crippen LogP contribution in [0.1, 0.15) is 21.9 Å². The molecule has 70 heavy (non-hydrogen) atoms. The smallest absolute Gasteiger partial charge is 0.240 e. The van der Waals surface area contributed by atoms with Crippen LogP contribution in [0.15, 0.2) is 236 Å². The topological polar surface area (TPSA) is 58.4 Å². The maximum absolute atomic E-state index is 9.42. The number of benzene rings is 10. The Morgan fingerprint density at radius 2 is 0.629 bits per heavy atom. The molecule has 0 aliphatic heterocycles. The molecular weight excluding hydrogens is 855 g/mol. The number of fused-ring (bicyclic) bond motifs is 12. The predicted molar refractivity (Wildman–Crippen MR) is 288 cm³/mol. The van der Waals surface area contributed by atoms with Crippen molar-refractivity contribution in [2.45, 2.75) is 0 Å². The largest absolute Gasteiger partial charge is 0.309 e. The van der Waals surface area contributed by atoms with Gasteiger partial charge in [0.15, 0.2) is 5.82 Å². The van der Waals surface area contributed by atoms with Gasteiger partial charge in [-0.15, -0.1) is 0 Å². The molecule has 0 bridgehead atoms. The highest BCUT2D eigenvalue weighted by Gasteiger charge is 2.24. The molecule has 0 unspecified atom stereocenters. The van der Waals surface area contributed by atoms with E-state index in [1.54, 1.807) is 12.1 Å². The quantitative estimate of drug-likeness (QED) is 0.167. The summed E-state index contributed by atoms with van der Waals surface area (Å²) in [4.78, 5) is 15.0. The summed E-state index contributed by atoms with van der Waals surface area (Å²) >= 11 is 0. The van der Waals surface area contributed by atoms with Gasteiger partial charge in [0.2, 0.25) is 11.9 Å². The second-order valence-corrected chi connectivity index (χ2v) is 16.8. The summed E-state index contributed by atoms with van der Waals surface area (Å²) < 4.78 is 152. The second kappa shape index (κ2) is 15.0. The Balaban J connectivity index is 1.11. The molecule has 15 rings (SSSR count). The van der Waals surface area contributed by atoms with Crippen LogP contribution in [0.2, 0.25) is 0 Å². The first-order valence-electron chi connectivity index (χ1n) is 30.4. The van der Waals surface area contributed by atoms with Crippen molar-refractivity contribution in [3.8, 4) is 45.8 Å². The molecule has 326 valence electrons. The number of nitrogens with zero attached hydrogens (tertiary/aromatic N) is 7. The average molecular weight is 910 g/mol. The van der Waals surface area contributed by atoms with Crippen molar-refractivity contribution in [1.82, 2.24) is 33.2 Å². The predicted octanol–water partition coefficient (Wildman–Crippen LogP) is 15.6. The van der Waals surface area contributed by atoms with Crippen LogP contribution in [-0.4, -0.2) is 33.2 Å². The van der Waals surface area contributed by atoms with Crippen LogP contribution < -0.4 is 0 Å². The maximum Gasteiger partial charge on any atom is 0.240 e. The summed E-state index contributed by atoms with van der Waals surface area (Å²) in [6, 6.07) is 35.4. The standard InChI is InChI=1S/C63H39N7/c1-9-29-50-42(21-1)43-22-2-10-30-51(43)67(50)58-37-18-38-59(68-52-31-11-3-23-44(52)45-24-4-12-32-53(45)68)60(58)40-19-17-20-41(39-40)61-64-62(69-54-33-13-5-25-46(54)47-26-6-14-34-55(47)69)66-63(65-61)70-56-35-15-7-27-48(56)49-28-8-16-36-57(49)70/h1-39H/i5D,6D,7D,8D,13D,14D,15D,16D,25D,26D,27D,28D,33D,34D,35D,36D. The molecule has 0 radical (unpaired) electrons. The summed E-state index contributed by atoms with van der Waals surface area (Å²) in [5, 5.41) is 2.99. The van der Waals surface area contributed by atoms with E-state index in [4.69, 9.17) is 25.9 Å². The van der Waals surface area contributed by atoms with Crippen molar-refractivity contribution in [3.05, 3.63) is 236 Å². The Morgan fingerprint density at radius 1 is 0.286 bits per heavy atom. The zero-order valence-corrected chi connectivity index (χ0v) is 36.4. The number of rotatable bonds is 6. The Labute approximate surface area is 423 Å². The molecule has 10 aromatic carbocycles. The van der Waals surface area contributed by atoms with Gasteiger partial charge < -0.3 is 9.13 Å². The lowest BCUT2D eigenvalue weighted by Crippen LogP contribution is -2.10. The fraction of sp³-hybridized carbons (Fsp3) is 0. The molecule has 7 heteroatoms. The van der Waals surface area contributed by atoms with Crippen LogP contribution in [0.25, 0.3) is 133 Å². The molecule has 0 saturated carbocycles. The van der Waals surface area contributed by atoms with Gasteiger partial charge in [-0.25, -0.2) is 0 Å². The molecule has 15 aromatic rings. The van der Waals surface area contributed by atoms with Gasteiger partial charge in [-0.2, -0.15) is 15.0 Å². The maximum atomic E-state index is 9.42. The number of hydrogen-bond donors (Lipinski definition) is 0. The van der Waals surface area contributed by atoms with Crippen LogP contribution in [0, 0.1) is 0 Å². The molecule has 0 aliphatic carbocycles. The van der Waals surface area contributed by atoms with E-state index < -0.39 is 109 Å². The van der Waals surface area contributed by atoms with Crippen molar-refractivity contribution in [2.24, 2.45) is 0 Å². The Hall–Kier alpha value is -9.59. The third kappa shape index (κ3) is 5.54. The van der Waals surface area contributed by atoms with E-state index >= 15 is 0 Å². The minimum absolute atomic E-state index is 0.173. The lowest BCUT2D eigenvalue weighted by Gasteiger charge is -2.20. The molecule has 0 fully saturated rings. The summed E-state index contributed by atoms with van der Waals surface area (Å²) in [6.07, 6.45) is 0. The molecule has 7 nitrogen and oxygen atoms in total. The van der Waals surface area contributed by atoms with Gasteiger partial charge in [0, 0.05) is 54.2 Å². The summed E-state index contributed by atoms with van der Waals surface area (Å²) in [5.74, 6) is -1.15. The highest BCUT2D eigenvalue weighted by molar-refractivity contribution is 6.13. The van der Waals surface area contributed by atoms with Gasteiger partial charge in [-0.3, -0.25) is 9.13 Å². The third-order valence-electron chi connectivity index (χ3n) is 13.1. The van der Waals surface area contributed by atoms with E-state index in [1.165, 1.54) is 0 Å². The lowest BCUT2D eigenvalue weighted by molar-refractivity contribution is 0.893. The van der Waals surface area contributed by atoms with E-state index in [2.05, 4.69) is 69.8 Å². The van der Waals surface area contributed by atoms with E-state index in [-0.39, 0.29) is 55.0 Å². The molecule has 5 heterocycles. The van der Waals surface area contributed by atoms with Gasteiger partial charge in [0.05, 0.1) is 77.4 Å². The average Bonchev–Trinajstić information content (AvgIpc) is 1.57. The minimum atomic E-state index is -0.709. The first-order chi connectivity index (χ1) is 41.4. The van der Waals surface area contributed by atoms with E-state index in [1.807, 2.05) is 66.7 Å². The molecule has 5 aromatic heterocycles. The third-order valence-corrected chi connectivity index (χ3v) is 13.1. The normalized spacial score (nSPS) is 15.2. The highest BCUT2D eigenvalue weighted by atomic mass is 15.3.